The number of benzene rings is 2. The van der Waals surface area contributed by atoms with Crippen molar-refractivity contribution in [3.05, 3.63) is 84.0 Å². The van der Waals surface area contributed by atoms with Gasteiger partial charge in [-0.15, -0.1) is 0 Å². The van der Waals surface area contributed by atoms with Gasteiger partial charge in [0.1, 0.15) is 5.49 Å². The van der Waals surface area contributed by atoms with Gasteiger partial charge in [-0.05, 0) is 54.5 Å². The smallest absolute Gasteiger partial charge is 0.125 e. The van der Waals surface area contributed by atoms with Gasteiger partial charge in [0, 0.05) is 30.7 Å². The van der Waals surface area contributed by atoms with Gasteiger partial charge in [0.25, 0.3) is 0 Å². The molecule has 4 N–H and O–H groups in total. The molecule has 160 valence electrons. The van der Waals surface area contributed by atoms with Gasteiger partial charge in [0.05, 0.1) is 0 Å². The second-order valence-corrected chi connectivity index (χ2v) is 7.32. The highest BCUT2D eigenvalue weighted by atomic mass is 32.2. The molecule has 0 saturated heterocycles. The maximum Gasteiger partial charge on any atom is 0.125 e. The van der Waals surface area contributed by atoms with Crippen molar-refractivity contribution in [3.8, 4) is 11.1 Å². The number of hydrogen-bond acceptors (Lipinski definition) is 5. The third kappa shape index (κ3) is 7.63. The third-order valence-corrected chi connectivity index (χ3v) is 5.58. The number of pyridine rings is 1. The molecule has 0 atom stereocenters. The van der Waals surface area contributed by atoms with E-state index in [1.165, 1.54) is 28.6 Å². The van der Waals surface area contributed by atoms with E-state index in [0.717, 1.165) is 13.1 Å². The Labute approximate surface area is 184 Å². The summed E-state index contributed by atoms with van der Waals surface area (Å²) in [6.07, 6.45) is 2.08. The van der Waals surface area contributed by atoms with Crippen molar-refractivity contribution in [1.29, 1.82) is 10.8 Å². The molecule has 0 radical (unpaired) electrons. The van der Waals surface area contributed by atoms with Gasteiger partial charge in [0.15, 0.2) is 0 Å². The first-order chi connectivity index (χ1) is 14.7. The standard InChI is InChI=1S/C22H25N3S.CH5N.CH3N/c1-3-25(4-2)26-21-14-15-22(23)24(17-21)16-18-10-12-20(13-11-18)19-8-6-5-7-9-19;2*1-2/h5-15,17,23H,3-4,16H2,1-2H3;2H2,1H3;2H,1H2. The molecule has 0 spiro atoms. The molecule has 1 aromatic heterocycles. The SMILES string of the molecule is C=N.CCN(CC)Sc1ccc(=N)n(Cc2ccc(-c3ccccc3)cc2)c1.CN. The van der Waals surface area contributed by atoms with Crippen LogP contribution in [-0.2, 0) is 6.54 Å². The summed E-state index contributed by atoms with van der Waals surface area (Å²) in [5.74, 6) is 0. The molecule has 3 rings (SSSR count). The van der Waals surface area contributed by atoms with Gasteiger partial charge in [-0.2, -0.15) is 0 Å². The molecule has 6 heteroatoms. The second kappa shape index (κ2) is 14.3. The predicted octanol–water partition coefficient (Wildman–Crippen LogP) is 4.87. The van der Waals surface area contributed by atoms with Crippen molar-refractivity contribution in [2.24, 2.45) is 5.73 Å². The highest BCUT2D eigenvalue weighted by Gasteiger charge is 2.05. The minimum atomic E-state index is 0.529. The van der Waals surface area contributed by atoms with Crippen LogP contribution in [0, 0.1) is 10.8 Å². The molecular weight excluding hydrogens is 390 g/mol. The molecule has 0 unspecified atom stereocenters. The first-order valence-electron chi connectivity index (χ1n) is 9.95. The van der Waals surface area contributed by atoms with E-state index in [1.807, 2.05) is 22.8 Å². The third-order valence-electron chi connectivity index (χ3n) is 4.35. The fraction of sp³-hybridized carbons (Fsp3) is 0.250. The van der Waals surface area contributed by atoms with E-state index in [2.05, 4.69) is 85.3 Å². The van der Waals surface area contributed by atoms with E-state index in [1.54, 1.807) is 11.9 Å². The van der Waals surface area contributed by atoms with Gasteiger partial charge in [-0.25, -0.2) is 4.31 Å². The van der Waals surface area contributed by atoms with Gasteiger partial charge in [-0.3, -0.25) is 5.41 Å². The summed E-state index contributed by atoms with van der Waals surface area (Å²) in [6, 6.07) is 22.9. The summed E-state index contributed by atoms with van der Waals surface area (Å²) >= 11 is 1.75. The van der Waals surface area contributed by atoms with Crippen molar-refractivity contribution in [3.63, 3.8) is 0 Å². The Morgan fingerprint density at radius 2 is 1.43 bits per heavy atom. The van der Waals surface area contributed by atoms with Crippen LogP contribution >= 0.6 is 11.9 Å². The Balaban J connectivity index is 0.00000106. The van der Waals surface area contributed by atoms with Crippen LogP contribution in [0.1, 0.15) is 19.4 Å². The molecule has 0 aliphatic rings. The number of hydrogen-bond donors (Lipinski definition) is 3. The van der Waals surface area contributed by atoms with Gasteiger partial charge in [-0.1, -0.05) is 68.4 Å². The molecule has 1 heterocycles. The number of nitrogens with two attached hydrogens (primary N) is 1. The fourth-order valence-electron chi connectivity index (χ4n) is 2.84. The lowest BCUT2D eigenvalue weighted by molar-refractivity contribution is 0.524. The van der Waals surface area contributed by atoms with Crippen molar-refractivity contribution in [2.45, 2.75) is 25.3 Å². The molecule has 3 aromatic rings. The first-order valence-corrected chi connectivity index (χ1v) is 10.7. The summed E-state index contributed by atoms with van der Waals surface area (Å²) in [4.78, 5) is 1.17. The summed E-state index contributed by atoms with van der Waals surface area (Å²) in [7, 11) is 1.50. The Bertz CT molecular complexity index is 903. The first kappa shape index (κ1) is 25.4. The lowest BCUT2D eigenvalue weighted by atomic mass is 10.0. The minimum Gasteiger partial charge on any atom is -0.333 e. The monoisotopic (exact) mass is 423 g/mol. The van der Waals surface area contributed by atoms with Crippen LogP contribution in [0.15, 0.2) is 77.8 Å². The molecule has 0 saturated carbocycles. The lowest BCUT2D eigenvalue weighted by Gasteiger charge is -2.17. The summed E-state index contributed by atoms with van der Waals surface area (Å²) < 4.78 is 4.31. The largest absolute Gasteiger partial charge is 0.333 e. The van der Waals surface area contributed by atoms with E-state index in [4.69, 9.17) is 10.8 Å². The molecular formula is C24H33N5S. The summed E-state index contributed by atoms with van der Waals surface area (Å²) in [5.41, 5.74) is 8.68. The quantitative estimate of drug-likeness (QED) is 0.374. The second-order valence-electron chi connectivity index (χ2n) is 6.15. The van der Waals surface area contributed by atoms with Crippen molar-refractivity contribution >= 4 is 18.7 Å². The summed E-state index contributed by atoms with van der Waals surface area (Å²) in [6.45, 7) is 9.55. The van der Waals surface area contributed by atoms with Crippen LogP contribution in [0.5, 0.6) is 0 Å². The van der Waals surface area contributed by atoms with Gasteiger partial charge >= 0.3 is 0 Å². The van der Waals surface area contributed by atoms with E-state index < -0.39 is 0 Å². The zero-order chi connectivity index (χ0) is 22.4. The molecule has 0 amide bonds. The van der Waals surface area contributed by atoms with Crippen LogP contribution in [0.25, 0.3) is 11.1 Å². The van der Waals surface area contributed by atoms with Crippen LogP contribution in [-0.4, -0.2) is 35.7 Å². The summed E-state index contributed by atoms with van der Waals surface area (Å²) in [5, 5.41) is 13.7. The molecule has 0 fully saturated rings. The normalized spacial score (nSPS) is 9.90. The Hall–Kier alpha value is -2.67. The van der Waals surface area contributed by atoms with Crippen molar-refractivity contribution in [2.75, 3.05) is 20.1 Å². The lowest BCUT2D eigenvalue weighted by Crippen LogP contribution is -2.20. The van der Waals surface area contributed by atoms with Crippen molar-refractivity contribution in [1.82, 2.24) is 8.87 Å². The Morgan fingerprint density at radius 3 is 2.00 bits per heavy atom. The zero-order valence-electron chi connectivity index (χ0n) is 18.1. The van der Waals surface area contributed by atoms with Crippen LogP contribution < -0.4 is 11.2 Å². The van der Waals surface area contributed by atoms with E-state index in [0.29, 0.717) is 12.0 Å². The van der Waals surface area contributed by atoms with Gasteiger partial charge in [0.2, 0.25) is 0 Å². The van der Waals surface area contributed by atoms with Gasteiger partial charge < -0.3 is 15.7 Å². The average Bonchev–Trinajstić information content (AvgIpc) is 2.83. The molecule has 0 bridgehead atoms. The number of nitrogens with zero attached hydrogens (tertiary/aromatic N) is 2. The highest BCUT2D eigenvalue weighted by molar-refractivity contribution is 7.97. The van der Waals surface area contributed by atoms with E-state index in [9.17, 15) is 0 Å². The highest BCUT2D eigenvalue weighted by Crippen LogP contribution is 2.22. The Morgan fingerprint density at radius 1 is 0.867 bits per heavy atom. The van der Waals surface area contributed by atoms with E-state index in [-0.39, 0.29) is 0 Å². The van der Waals surface area contributed by atoms with Crippen molar-refractivity contribution < 1.29 is 0 Å². The number of nitrogens with one attached hydrogen (secondary N) is 2. The van der Waals surface area contributed by atoms with Crippen LogP contribution in [0.2, 0.25) is 0 Å². The van der Waals surface area contributed by atoms with E-state index >= 15 is 0 Å². The molecule has 2 aromatic carbocycles. The molecule has 5 nitrogen and oxygen atoms in total. The maximum atomic E-state index is 8.21. The molecule has 0 aliphatic carbocycles. The Kier molecular flexibility index (Phi) is 12.1. The maximum absolute atomic E-state index is 8.21. The average molecular weight is 424 g/mol. The molecule has 30 heavy (non-hydrogen) atoms. The zero-order valence-corrected chi connectivity index (χ0v) is 19.0. The van der Waals surface area contributed by atoms with Crippen LogP contribution in [0.3, 0.4) is 0 Å². The predicted molar refractivity (Wildman–Crippen MR) is 130 cm³/mol. The topological polar surface area (TPSA) is 81.9 Å². The fourth-order valence-corrected chi connectivity index (χ4v) is 3.70. The molecule has 0 aliphatic heterocycles. The number of rotatable bonds is 7. The van der Waals surface area contributed by atoms with Crippen LogP contribution in [0.4, 0.5) is 0 Å². The minimum absolute atomic E-state index is 0.529. The number of aromatic nitrogens is 1.